The lowest BCUT2D eigenvalue weighted by Crippen LogP contribution is -2.48. The highest BCUT2D eigenvalue weighted by Gasteiger charge is 2.32. The number of pyridine rings is 1. The van der Waals surface area contributed by atoms with Crippen LogP contribution in [0.4, 0.5) is 4.79 Å². The summed E-state index contributed by atoms with van der Waals surface area (Å²) in [5.74, 6) is 0.740. The summed E-state index contributed by atoms with van der Waals surface area (Å²) in [5, 5.41) is 3.19. The van der Waals surface area contributed by atoms with Crippen LogP contribution in [0.25, 0.3) is 0 Å². The van der Waals surface area contributed by atoms with Crippen LogP contribution < -0.4 is 5.32 Å². The number of nitrogens with zero attached hydrogens (tertiary/aromatic N) is 2. The van der Waals surface area contributed by atoms with Gasteiger partial charge in [0.05, 0.1) is 6.04 Å². The maximum Gasteiger partial charge on any atom is 0.318 e. The standard InChI is InChI=1S/C18H27N3O/c1-14(16-9-11-19-12-10-16)20-18(22)21(13-15-7-8-15)17-5-3-2-4-6-17/h9-12,14-15,17H,2-8,13H2,1H3,(H,20,22). The molecular formula is C18H27N3O. The van der Waals surface area contributed by atoms with Gasteiger partial charge in [0.1, 0.15) is 0 Å². The fourth-order valence-electron chi connectivity index (χ4n) is 3.37. The van der Waals surface area contributed by atoms with Crippen LogP contribution in [-0.4, -0.2) is 28.5 Å². The van der Waals surface area contributed by atoms with Gasteiger partial charge in [-0.05, 0) is 56.2 Å². The molecule has 1 atom stereocenters. The Labute approximate surface area is 133 Å². The Morgan fingerprint density at radius 1 is 1.23 bits per heavy atom. The molecule has 0 saturated heterocycles. The number of carbonyl (C=O) groups is 1. The average Bonchev–Trinajstić information content (AvgIpc) is 3.38. The van der Waals surface area contributed by atoms with E-state index >= 15 is 0 Å². The van der Waals surface area contributed by atoms with Gasteiger partial charge in [-0.15, -0.1) is 0 Å². The van der Waals surface area contributed by atoms with Gasteiger partial charge in [-0.2, -0.15) is 0 Å². The summed E-state index contributed by atoms with van der Waals surface area (Å²) in [6, 6.07) is 4.52. The van der Waals surface area contributed by atoms with Gasteiger partial charge >= 0.3 is 6.03 Å². The lowest BCUT2D eigenvalue weighted by molar-refractivity contribution is 0.149. The van der Waals surface area contributed by atoms with E-state index in [4.69, 9.17) is 0 Å². The van der Waals surface area contributed by atoms with E-state index in [1.165, 1.54) is 44.9 Å². The van der Waals surface area contributed by atoms with Crippen molar-refractivity contribution in [2.24, 2.45) is 5.92 Å². The Bertz CT molecular complexity index is 480. The Kier molecular flexibility index (Phi) is 4.96. The second-order valence-electron chi connectivity index (χ2n) is 6.84. The van der Waals surface area contributed by atoms with E-state index in [-0.39, 0.29) is 12.1 Å². The van der Waals surface area contributed by atoms with Crippen molar-refractivity contribution in [3.05, 3.63) is 30.1 Å². The monoisotopic (exact) mass is 301 g/mol. The highest BCUT2D eigenvalue weighted by molar-refractivity contribution is 5.75. The summed E-state index contributed by atoms with van der Waals surface area (Å²) in [5.41, 5.74) is 1.11. The zero-order chi connectivity index (χ0) is 15.4. The van der Waals surface area contributed by atoms with E-state index in [1.54, 1.807) is 12.4 Å². The summed E-state index contributed by atoms with van der Waals surface area (Å²) < 4.78 is 0. The SMILES string of the molecule is CC(NC(=O)N(CC1CC1)C1CCCCC1)c1ccncc1. The normalized spacial score (nSPS) is 20.4. The highest BCUT2D eigenvalue weighted by atomic mass is 16.2. The summed E-state index contributed by atoms with van der Waals surface area (Å²) in [6.45, 7) is 2.99. The fraction of sp³-hybridized carbons (Fsp3) is 0.667. The Morgan fingerprint density at radius 2 is 1.91 bits per heavy atom. The van der Waals surface area contributed by atoms with E-state index in [1.807, 2.05) is 19.1 Å². The van der Waals surface area contributed by atoms with Crippen molar-refractivity contribution in [1.82, 2.24) is 15.2 Å². The first-order chi connectivity index (χ1) is 10.7. The van der Waals surface area contributed by atoms with Gasteiger partial charge in [0.15, 0.2) is 0 Å². The number of nitrogens with one attached hydrogen (secondary N) is 1. The first kappa shape index (κ1) is 15.3. The van der Waals surface area contributed by atoms with Crippen LogP contribution in [0.5, 0.6) is 0 Å². The second kappa shape index (κ2) is 7.12. The molecule has 1 aromatic rings. The molecule has 0 bridgehead atoms. The van der Waals surface area contributed by atoms with Crippen molar-refractivity contribution in [1.29, 1.82) is 0 Å². The minimum Gasteiger partial charge on any atom is -0.331 e. The van der Waals surface area contributed by atoms with Crippen molar-refractivity contribution in [2.75, 3.05) is 6.54 Å². The van der Waals surface area contributed by atoms with Gasteiger partial charge in [-0.3, -0.25) is 4.98 Å². The zero-order valence-corrected chi connectivity index (χ0v) is 13.5. The average molecular weight is 301 g/mol. The van der Waals surface area contributed by atoms with Gasteiger partial charge < -0.3 is 10.2 Å². The van der Waals surface area contributed by atoms with Crippen molar-refractivity contribution in [2.45, 2.75) is 64.0 Å². The molecule has 1 unspecified atom stereocenters. The third kappa shape index (κ3) is 3.99. The fourth-order valence-corrected chi connectivity index (χ4v) is 3.37. The Morgan fingerprint density at radius 3 is 2.55 bits per heavy atom. The smallest absolute Gasteiger partial charge is 0.318 e. The van der Waals surface area contributed by atoms with Gasteiger partial charge in [0, 0.05) is 25.0 Å². The largest absolute Gasteiger partial charge is 0.331 e. The molecule has 1 N–H and O–H groups in total. The number of aromatic nitrogens is 1. The summed E-state index contributed by atoms with van der Waals surface area (Å²) in [7, 11) is 0. The molecule has 0 spiro atoms. The highest BCUT2D eigenvalue weighted by Crippen LogP contribution is 2.32. The number of carbonyl (C=O) groups excluding carboxylic acids is 1. The minimum absolute atomic E-state index is 0.0285. The van der Waals surface area contributed by atoms with E-state index in [9.17, 15) is 4.79 Å². The molecule has 22 heavy (non-hydrogen) atoms. The molecule has 0 aliphatic heterocycles. The van der Waals surface area contributed by atoms with Gasteiger partial charge in [0.25, 0.3) is 0 Å². The van der Waals surface area contributed by atoms with Crippen LogP contribution in [0, 0.1) is 5.92 Å². The molecule has 3 rings (SSSR count). The quantitative estimate of drug-likeness (QED) is 0.896. The van der Waals surface area contributed by atoms with Crippen LogP contribution >= 0.6 is 0 Å². The second-order valence-corrected chi connectivity index (χ2v) is 6.84. The van der Waals surface area contributed by atoms with Crippen LogP contribution in [0.2, 0.25) is 0 Å². The number of urea groups is 1. The summed E-state index contributed by atoms with van der Waals surface area (Å²) >= 11 is 0. The molecular weight excluding hydrogens is 274 g/mol. The first-order valence-corrected chi connectivity index (χ1v) is 8.71. The zero-order valence-electron chi connectivity index (χ0n) is 13.5. The van der Waals surface area contributed by atoms with Crippen molar-refractivity contribution < 1.29 is 4.79 Å². The third-order valence-electron chi connectivity index (χ3n) is 4.97. The predicted octanol–water partition coefficient (Wildman–Crippen LogP) is 3.90. The van der Waals surface area contributed by atoms with E-state index in [2.05, 4.69) is 15.2 Å². The molecule has 2 fully saturated rings. The van der Waals surface area contributed by atoms with Crippen molar-refractivity contribution in [3.63, 3.8) is 0 Å². The lowest BCUT2D eigenvalue weighted by atomic mass is 9.94. The molecule has 1 heterocycles. The van der Waals surface area contributed by atoms with Crippen molar-refractivity contribution >= 4 is 6.03 Å². The Balaban J connectivity index is 1.63. The molecule has 2 aliphatic carbocycles. The lowest BCUT2D eigenvalue weighted by Gasteiger charge is -2.35. The summed E-state index contributed by atoms with van der Waals surface area (Å²) in [4.78, 5) is 19.0. The van der Waals surface area contributed by atoms with Gasteiger partial charge in [-0.25, -0.2) is 4.79 Å². The molecule has 0 radical (unpaired) electrons. The van der Waals surface area contributed by atoms with Crippen LogP contribution in [-0.2, 0) is 0 Å². The topological polar surface area (TPSA) is 45.2 Å². The molecule has 0 aromatic carbocycles. The molecule has 2 saturated carbocycles. The number of amides is 2. The van der Waals surface area contributed by atoms with E-state index in [0.29, 0.717) is 6.04 Å². The molecule has 1 aromatic heterocycles. The maximum atomic E-state index is 12.8. The Hall–Kier alpha value is -1.58. The predicted molar refractivity (Wildman–Crippen MR) is 87.5 cm³/mol. The number of hydrogen-bond donors (Lipinski definition) is 1. The van der Waals surface area contributed by atoms with E-state index < -0.39 is 0 Å². The third-order valence-corrected chi connectivity index (χ3v) is 4.97. The van der Waals surface area contributed by atoms with Crippen LogP contribution in [0.3, 0.4) is 0 Å². The molecule has 2 amide bonds. The van der Waals surface area contributed by atoms with Crippen LogP contribution in [0.15, 0.2) is 24.5 Å². The van der Waals surface area contributed by atoms with Crippen molar-refractivity contribution in [3.8, 4) is 0 Å². The summed E-state index contributed by atoms with van der Waals surface area (Å²) in [6.07, 6.45) is 12.3. The van der Waals surface area contributed by atoms with E-state index in [0.717, 1.165) is 18.0 Å². The molecule has 2 aliphatic rings. The first-order valence-electron chi connectivity index (χ1n) is 8.71. The maximum absolute atomic E-state index is 12.8. The number of hydrogen-bond acceptors (Lipinski definition) is 2. The van der Waals surface area contributed by atoms with Gasteiger partial charge in [0.2, 0.25) is 0 Å². The molecule has 120 valence electrons. The molecule has 4 nitrogen and oxygen atoms in total. The molecule has 4 heteroatoms. The minimum atomic E-state index is 0.0285. The number of rotatable bonds is 5. The van der Waals surface area contributed by atoms with Gasteiger partial charge in [-0.1, -0.05) is 19.3 Å². The van der Waals surface area contributed by atoms with Crippen LogP contribution in [0.1, 0.15) is 63.5 Å².